The van der Waals surface area contributed by atoms with Crippen molar-refractivity contribution in [1.29, 1.82) is 0 Å². The predicted octanol–water partition coefficient (Wildman–Crippen LogP) is -1.91. The Hall–Kier alpha value is -2.20. The minimum Gasteiger partial charge on any atom is -0.393 e. The largest absolute Gasteiger partial charge is 0.393 e. The van der Waals surface area contributed by atoms with Gasteiger partial charge in [-0.05, 0) is 39.5 Å². The van der Waals surface area contributed by atoms with Crippen LogP contribution in [0.25, 0.3) is 0 Å². The van der Waals surface area contributed by atoms with Crippen LogP contribution in [0.2, 0.25) is 0 Å². The highest BCUT2D eigenvalue weighted by Crippen LogP contribution is 2.25. The van der Waals surface area contributed by atoms with E-state index in [0.717, 1.165) is 0 Å². The summed E-state index contributed by atoms with van der Waals surface area (Å²) in [5.74, 6) is -1.99. The molecule has 2 aliphatic heterocycles. The van der Waals surface area contributed by atoms with E-state index in [1.54, 1.807) is 0 Å². The molecule has 0 radical (unpaired) electrons. The lowest BCUT2D eigenvalue weighted by Gasteiger charge is -2.32. The second kappa shape index (κ2) is 9.33. The minimum absolute atomic E-state index is 0.0532. The van der Waals surface area contributed by atoms with Crippen molar-refractivity contribution < 1.29 is 29.4 Å². The molecule has 0 aromatic carbocycles. The number of rotatable bonds is 7. The number of hydrogen-bond donors (Lipinski definition) is 4. The van der Waals surface area contributed by atoms with Gasteiger partial charge in [0.05, 0.1) is 18.6 Å². The summed E-state index contributed by atoms with van der Waals surface area (Å²) in [5, 5.41) is 21.5. The van der Waals surface area contributed by atoms with Gasteiger partial charge in [0.15, 0.2) is 0 Å². The number of aliphatic hydroxyl groups excluding tert-OH is 2. The van der Waals surface area contributed by atoms with E-state index in [2.05, 4.69) is 5.32 Å². The zero-order valence-corrected chi connectivity index (χ0v) is 16.3. The molecule has 28 heavy (non-hydrogen) atoms. The predicted molar refractivity (Wildman–Crippen MR) is 98.6 cm³/mol. The maximum Gasteiger partial charge on any atom is 0.246 e. The van der Waals surface area contributed by atoms with Gasteiger partial charge in [-0.1, -0.05) is 0 Å². The molecule has 0 spiro atoms. The molecule has 2 heterocycles. The third-order valence-electron chi connectivity index (χ3n) is 5.25. The van der Waals surface area contributed by atoms with Gasteiger partial charge in [-0.3, -0.25) is 19.2 Å². The Morgan fingerprint density at radius 3 is 2.14 bits per heavy atom. The lowest BCUT2D eigenvalue weighted by atomic mass is 10.1. The second-order valence-corrected chi connectivity index (χ2v) is 7.62. The Labute approximate surface area is 164 Å². The zero-order valence-electron chi connectivity index (χ0n) is 16.3. The van der Waals surface area contributed by atoms with Gasteiger partial charge < -0.3 is 31.1 Å². The van der Waals surface area contributed by atoms with Crippen molar-refractivity contribution >= 4 is 23.6 Å². The van der Waals surface area contributed by atoms with Crippen molar-refractivity contribution in [2.45, 2.75) is 76.3 Å². The Kier molecular flexibility index (Phi) is 7.36. The van der Waals surface area contributed by atoms with Crippen LogP contribution in [0.15, 0.2) is 0 Å². The molecule has 158 valence electrons. The van der Waals surface area contributed by atoms with Crippen LogP contribution in [0, 0.1) is 0 Å². The lowest BCUT2D eigenvalue weighted by Crippen LogP contribution is -2.57. The average molecular weight is 398 g/mol. The van der Waals surface area contributed by atoms with Crippen LogP contribution in [-0.4, -0.2) is 87.1 Å². The molecule has 2 rings (SSSR count). The van der Waals surface area contributed by atoms with Crippen LogP contribution in [0.3, 0.4) is 0 Å². The first kappa shape index (κ1) is 22.1. The fourth-order valence-corrected chi connectivity index (χ4v) is 3.87. The van der Waals surface area contributed by atoms with Crippen LogP contribution >= 0.6 is 0 Å². The van der Waals surface area contributed by atoms with E-state index in [0.29, 0.717) is 38.8 Å². The number of nitrogens with two attached hydrogens (primary N) is 1. The number of aliphatic hydroxyl groups is 2. The Balaban J connectivity index is 2.08. The quantitative estimate of drug-likeness (QED) is 0.392. The number of primary amides is 1. The average Bonchev–Trinajstić information content (AvgIpc) is 3.26. The molecular formula is C18H30N4O6. The topological polar surface area (TPSA) is 153 Å². The molecule has 2 aliphatic rings. The zero-order chi connectivity index (χ0) is 21.0. The Bertz CT molecular complexity index is 623. The van der Waals surface area contributed by atoms with Crippen LogP contribution in [-0.2, 0) is 19.2 Å². The standard InChI is InChI=1S/C18H30N4O6/c1-10(23)9-14(25)21-7-4-6-13(21)18(28)22-8-3-5-12(22)17(27)20-15(11(2)24)16(19)26/h10-13,15,23-24H,3-9H2,1-2H3,(H2,19,26)(H,20,27)/t10-,11-,12+,13+,15?/m1/s1. The molecule has 4 amide bonds. The van der Waals surface area contributed by atoms with Crippen molar-refractivity contribution in [3.63, 3.8) is 0 Å². The van der Waals surface area contributed by atoms with E-state index in [9.17, 15) is 29.4 Å². The van der Waals surface area contributed by atoms with Gasteiger partial charge in [0.2, 0.25) is 23.6 Å². The van der Waals surface area contributed by atoms with Crippen LogP contribution in [0.5, 0.6) is 0 Å². The molecule has 10 nitrogen and oxygen atoms in total. The number of nitrogens with zero attached hydrogens (tertiary/aromatic N) is 2. The van der Waals surface area contributed by atoms with Gasteiger partial charge in [-0.2, -0.15) is 0 Å². The normalized spacial score (nSPS) is 25.3. The van der Waals surface area contributed by atoms with Crippen LogP contribution in [0.1, 0.15) is 46.0 Å². The van der Waals surface area contributed by atoms with Crippen molar-refractivity contribution in [3.8, 4) is 0 Å². The summed E-state index contributed by atoms with van der Waals surface area (Å²) in [6, 6.07) is -2.66. The van der Waals surface area contributed by atoms with E-state index >= 15 is 0 Å². The number of nitrogens with one attached hydrogen (secondary N) is 1. The molecule has 0 aromatic heterocycles. The second-order valence-electron chi connectivity index (χ2n) is 7.62. The molecule has 10 heteroatoms. The summed E-state index contributed by atoms with van der Waals surface area (Å²) < 4.78 is 0. The monoisotopic (exact) mass is 398 g/mol. The summed E-state index contributed by atoms with van der Waals surface area (Å²) in [7, 11) is 0. The van der Waals surface area contributed by atoms with E-state index in [1.807, 2.05) is 0 Å². The molecule has 2 saturated heterocycles. The summed E-state index contributed by atoms with van der Waals surface area (Å²) in [6.45, 7) is 3.68. The van der Waals surface area contributed by atoms with Crippen molar-refractivity contribution in [1.82, 2.24) is 15.1 Å². The fraction of sp³-hybridized carbons (Fsp3) is 0.778. The number of carbonyl (C=O) groups excluding carboxylic acids is 4. The molecule has 0 aliphatic carbocycles. The maximum atomic E-state index is 13.1. The van der Waals surface area contributed by atoms with Crippen LogP contribution < -0.4 is 11.1 Å². The first-order chi connectivity index (χ1) is 13.1. The van der Waals surface area contributed by atoms with E-state index in [-0.39, 0.29) is 18.2 Å². The first-order valence-corrected chi connectivity index (χ1v) is 9.69. The lowest BCUT2D eigenvalue weighted by molar-refractivity contribution is -0.147. The fourth-order valence-electron chi connectivity index (χ4n) is 3.87. The van der Waals surface area contributed by atoms with Gasteiger partial charge in [0.1, 0.15) is 18.1 Å². The SMILES string of the molecule is C[C@@H](O)CC(=O)N1CCC[C@H]1C(=O)N1CCC[C@H]1C(=O)NC(C(N)=O)[C@@H](C)O. The molecule has 2 fully saturated rings. The highest BCUT2D eigenvalue weighted by Gasteiger charge is 2.42. The summed E-state index contributed by atoms with van der Waals surface area (Å²) >= 11 is 0. The molecule has 5 N–H and O–H groups in total. The maximum absolute atomic E-state index is 13.1. The van der Waals surface area contributed by atoms with Crippen molar-refractivity contribution in [3.05, 3.63) is 0 Å². The summed E-state index contributed by atoms with van der Waals surface area (Å²) in [4.78, 5) is 52.4. The number of carbonyl (C=O) groups is 4. The highest BCUT2D eigenvalue weighted by atomic mass is 16.3. The third-order valence-corrected chi connectivity index (χ3v) is 5.25. The van der Waals surface area contributed by atoms with Gasteiger partial charge in [0.25, 0.3) is 0 Å². The molecule has 1 unspecified atom stereocenters. The smallest absolute Gasteiger partial charge is 0.246 e. The van der Waals surface area contributed by atoms with E-state index < -0.39 is 42.1 Å². The first-order valence-electron chi connectivity index (χ1n) is 9.69. The molecule has 0 bridgehead atoms. The highest BCUT2D eigenvalue weighted by molar-refractivity contribution is 5.94. The van der Waals surface area contributed by atoms with Gasteiger partial charge in [-0.25, -0.2) is 0 Å². The molecule has 0 aromatic rings. The van der Waals surface area contributed by atoms with Gasteiger partial charge >= 0.3 is 0 Å². The summed E-state index contributed by atoms with van der Waals surface area (Å²) in [6.07, 6.45) is 0.231. The van der Waals surface area contributed by atoms with E-state index in [4.69, 9.17) is 5.73 Å². The minimum atomic E-state index is -1.24. The molecule has 5 atom stereocenters. The molecule has 0 saturated carbocycles. The molecular weight excluding hydrogens is 368 g/mol. The number of amides is 4. The van der Waals surface area contributed by atoms with Crippen molar-refractivity contribution in [2.24, 2.45) is 5.73 Å². The van der Waals surface area contributed by atoms with Gasteiger partial charge in [0, 0.05) is 13.1 Å². The van der Waals surface area contributed by atoms with Crippen LogP contribution in [0.4, 0.5) is 0 Å². The Morgan fingerprint density at radius 2 is 1.61 bits per heavy atom. The van der Waals surface area contributed by atoms with E-state index in [1.165, 1.54) is 23.6 Å². The summed E-state index contributed by atoms with van der Waals surface area (Å²) in [5.41, 5.74) is 5.21. The van der Waals surface area contributed by atoms with Crippen molar-refractivity contribution in [2.75, 3.05) is 13.1 Å². The number of likely N-dealkylation sites (tertiary alicyclic amines) is 2. The number of hydrogen-bond acceptors (Lipinski definition) is 6. The third kappa shape index (κ3) is 4.99. The van der Waals surface area contributed by atoms with Gasteiger partial charge in [-0.15, -0.1) is 0 Å². The Morgan fingerprint density at radius 1 is 1.04 bits per heavy atom.